The lowest BCUT2D eigenvalue weighted by Crippen LogP contribution is -2.34. The van der Waals surface area contributed by atoms with Crippen molar-refractivity contribution in [2.75, 3.05) is 13.7 Å². The largest absolute Gasteiger partial charge is 0.492 e. The molecule has 4 atom stereocenters. The lowest BCUT2D eigenvalue weighted by Gasteiger charge is -2.39. The first-order valence-electron chi connectivity index (χ1n) is 12.7. The van der Waals surface area contributed by atoms with Crippen molar-refractivity contribution in [1.82, 2.24) is 0 Å². The number of hydrogen-bond donors (Lipinski definition) is 0. The first-order chi connectivity index (χ1) is 16.0. The highest BCUT2D eigenvalue weighted by Gasteiger charge is 2.38. The fourth-order valence-electron chi connectivity index (χ4n) is 6.57. The van der Waals surface area contributed by atoms with Crippen LogP contribution in [0.1, 0.15) is 87.4 Å². The molecule has 6 heteroatoms. The summed E-state index contributed by atoms with van der Waals surface area (Å²) in [6.45, 7) is 0.491. The number of fused-ring (bicyclic) bond motifs is 2. The molecule has 33 heavy (non-hydrogen) atoms. The summed E-state index contributed by atoms with van der Waals surface area (Å²) < 4.78 is 25.6. The standard InChI is InChI=1S/C27H36ClFO4/c1-32-27(31)21-10-3-2-9-20(21)26(30)22-15-23(28)25(16-24(22)29)33-11-5-8-19-13-17-6-4-7-18(12-17)14-19/h15-21H,2-14H2,1H3. The third-order valence-corrected chi connectivity index (χ3v) is 8.43. The molecule has 1 aromatic rings. The molecule has 3 fully saturated rings. The smallest absolute Gasteiger partial charge is 0.309 e. The van der Waals surface area contributed by atoms with Crippen molar-refractivity contribution in [1.29, 1.82) is 0 Å². The Balaban J connectivity index is 1.33. The number of methoxy groups -OCH3 is 1. The quantitative estimate of drug-likeness (QED) is 0.229. The van der Waals surface area contributed by atoms with E-state index in [0.29, 0.717) is 19.4 Å². The van der Waals surface area contributed by atoms with Gasteiger partial charge in [0.1, 0.15) is 11.6 Å². The Hall–Kier alpha value is -1.62. The number of Topliss-reactive ketones (excluding diaryl/α,β-unsaturated/α-hetero) is 1. The zero-order valence-corrected chi connectivity index (χ0v) is 20.4. The highest BCUT2D eigenvalue weighted by atomic mass is 35.5. The second kappa shape index (κ2) is 11.2. The van der Waals surface area contributed by atoms with E-state index >= 15 is 0 Å². The molecule has 0 saturated heterocycles. The van der Waals surface area contributed by atoms with Gasteiger partial charge in [-0.2, -0.15) is 0 Å². The van der Waals surface area contributed by atoms with Gasteiger partial charge in [-0.15, -0.1) is 0 Å². The molecule has 182 valence electrons. The number of benzene rings is 1. The molecule has 2 bridgehead atoms. The van der Waals surface area contributed by atoms with Crippen LogP contribution in [-0.4, -0.2) is 25.5 Å². The third-order valence-electron chi connectivity index (χ3n) is 8.13. The normalized spacial score (nSPS) is 29.4. The highest BCUT2D eigenvalue weighted by Crippen LogP contribution is 2.44. The van der Waals surface area contributed by atoms with Crippen molar-refractivity contribution < 1.29 is 23.5 Å². The van der Waals surface area contributed by atoms with Crippen molar-refractivity contribution >= 4 is 23.4 Å². The lowest BCUT2D eigenvalue weighted by molar-refractivity contribution is -0.147. The van der Waals surface area contributed by atoms with Gasteiger partial charge in [0, 0.05) is 12.0 Å². The monoisotopic (exact) mass is 478 g/mol. The topological polar surface area (TPSA) is 52.6 Å². The fourth-order valence-corrected chi connectivity index (χ4v) is 6.78. The zero-order chi connectivity index (χ0) is 23.4. The summed E-state index contributed by atoms with van der Waals surface area (Å²) >= 11 is 6.37. The first-order valence-corrected chi connectivity index (χ1v) is 13.1. The van der Waals surface area contributed by atoms with Crippen molar-refractivity contribution in [3.8, 4) is 5.75 Å². The van der Waals surface area contributed by atoms with Crippen LogP contribution in [0.3, 0.4) is 0 Å². The molecular formula is C27H36ClFO4. The summed E-state index contributed by atoms with van der Waals surface area (Å²) in [7, 11) is 1.32. The van der Waals surface area contributed by atoms with Gasteiger partial charge < -0.3 is 9.47 Å². The summed E-state index contributed by atoms with van der Waals surface area (Å²) in [5.74, 6) is 0.374. The molecule has 0 amide bonds. The second-order valence-corrected chi connectivity index (χ2v) is 10.8. The average Bonchev–Trinajstić information content (AvgIpc) is 2.82. The molecule has 1 aromatic carbocycles. The SMILES string of the molecule is COC(=O)C1CCCCC1C(=O)c1cc(Cl)c(OCCCC2CC3CCCC(C2)C3)cc1F. The summed E-state index contributed by atoms with van der Waals surface area (Å²) in [4.78, 5) is 25.2. The van der Waals surface area contributed by atoms with Gasteiger partial charge in [0.25, 0.3) is 0 Å². The minimum atomic E-state index is -0.645. The number of ether oxygens (including phenoxy) is 2. The van der Waals surface area contributed by atoms with Gasteiger partial charge in [0.2, 0.25) is 0 Å². The number of halogens is 2. The van der Waals surface area contributed by atoms with Crippen molar-refractivity contribution in [2.24, 2.45) is 29.6 Å². The van der Waals surface area contributed by atoms with E-state index in [-0.39, 0.29) is 22.1 Å². The number of carbonyl (C=O) groups is 2. The van der Waals surface area contributed by atoms with E-state index < -0.39 is 23.6 Å². The summed E-state index contributed by atoms with van der Waals surface area (Å²) in [5, 5.41) is 0.234. The van der Waals surface area contributed by atoms with Gasteiger partial charge >= 0.3 is 5.97 Å². The molecule has 3 saturated carbocycles. The predicted molar refractivity (Wildman–Crippen MR) is 126 cm³/mol. The molecule has 0 N–H and O–H groups in total. The molecule has 3 aliphatic rings. The maximum absolute atomic E-state index is 14.9. The van der Waals surface area contributed by atoms with Gasteiger partial charge in [0.15, 0.2) is 5.78 Å². The van der Waals surface area contributed by atoms with E-state index in [4.69, 9.17) is 21.1 Å². The highest BCUT2D eigenvalue weighted by molar-refractivity contribution is 6.32. The molecule has 0 spiro atoms. The van der Waals surface area contributed by atoms with Gasteiger partial charge in [-0.05, 0) is 68.8 Å². The van der Waals surface area contributed by atoms with Crippen LogP contribution < -0.4 is 4.74 Å². The molecular weight excluding hydrogens is 443 g/mol. The number of esters is 1. The maximum atomic E-state index is 14.9. The van der Waals surface area contributed by atoms with Crippen molar-refractivity contribution in [3.63, 3.8) is 0 Å². The van der Waals surface area contributed by atoms with E-state index in [2.05, 4.69) is 0 Å². The number of ketones is 1. The minimum absolute atomic E-state index is 0.0677. The molecule has 0 aliphatic heterocycles. The van der Waals surface area contributed by atoms with Crippen molar-refractivity contribution in [3.05, 3.63) is 28.5 Å². The maximum Gasteiger partial charge on any atom is 0.309 e. The summed E-state index contributed by atoms with van der Waals surface area (Å²) in [6.07, 6.45) is 13.2. The summed E-state index contributed by atoms with van der Waals surface area (Å²) in [6, 6.07) is 2.58. The van der Waals surface area contributed by atoms with Crippen LogP contribution in [0.2, 0.25) is 5.02 Å². The predicted octanol–water partition coefficient (Wildman–Crippen LogP) is 7.02. The van der Waals surface area contributed by atoms with Crippen LogP contribution in [0.5, 0.6) is 5.75 Å². The first kappa shape index (κ1) is 24.5. The number of rotatable bonds is 8. The fraction of sp³-hybridized carbons (Fsp3) is 0.704. The van der Waals surface area contributed by atoms with Crippen LogP contribution in [0, 0.1) is 35.4 Å². The van der Waals surface area contributed by atoms with Crippen LogP contribution in [0.15, 0.2) is 12.1 Å². The van der Waals surface area contributed by atoms with Crippen LogP contribution in [0.25, 0.3) is 0 Å². The van der Waals surface area contributed by atoms with Crippen LogP contribution in [0.4, 0.5) is 4.39 Å². The van der Waals surface area contributed by atoms with E-state index in [9.17, 15) is 14.0 Å². The van der Waals surface area contributed by atoms with E-state index in [1.807, 2.05) is 0 Å². The third kappa shape index (κ3) is 5.90. The molecule has 4 unspecified atom stereocenters. The minimum Gasteiger partial charge on any atom is -0.492 e. The van der Waals surface area contributed by atoms with Gasteiger partial charge in [-0.1, -0.05) is 43.7 Å². The van der Waals surface area contributed by atoms with Gasteiger partial charge in [0.05, 0.1) is 30.2 Å². The number of hydrogen-bond acceptors (Lipinski definition) is 4. The number of carbonyl (C=O) groups excluding carboxylic acids is 2. The van der Waals surface area contributed by atoms with Crippen LogP contribution in [-0.2, 0) is 9.53 Å². The van der Waals surface area contributed by atoms with Crippen molar-refractivity contribution in [2.45, 2.75) is 77.0 Å². The van der Waals surface area contributed by atoms with E-state index in [1.165, 1.54) is 57.8 Å². The Morgan fingerprint density at radius 1 is 1.00 bits per heavy atom. The Bertz CT molecular complexity index is 845. The Labute approximate surface area is 201 Å². The summed E-state index contributed by atoms with van der Waals surface area (Å²) in [5.41, 5.74) is -0.0677. The second-order valence-electron chi connectivity index (χ2n) is 10.4. The molecule has 0 aromatic heterocycles. The molecule has 3 aliphatic carbocycles. The molecule has 4 rings (SSSR count). The van der Waals surface area contributed by atoms with Gasteiger partial charge in [-0.3, -0.25) is 9.59 Å². The molecule has 0 heterocycles. The Morgan fingerprint density at radius 3 is 2.39 bits per heavy atom. The lowest BCUT2D eigenvalue weighted by atomic mass is 9.67. The van der Waals surface area contributed by atoms with E-state index in [0.717, 1.165) is 43.4 Å². The molecule has 4 nitrogen and oxygen atoms in total. The van der Waals surface area contributed by atoms with Gasteiger partial charge in [-0.25, -0.2) is 4.39 Å². The Kier molecular flexibility index (Phi) is 8.32. The zero-order valence-electron chi connectivity index (χ0n) is 19.6. The Morgan fingerprint density at radius 2 is 1.70 bits per heavy atom. The molecule has 0 radical (unpaired) electrons. The van der Waals surface area contributed by atoms with E-state index in [1.54, 1.807) is 0 Å². The van der Waals surface area contributed by atoms with Crippen LogP contribution >= 0.6 is 11.6 Å². The average molecular weight is 479 g/mol.